The van der Waals surface area contributed by atoms with E-state index in [1.807, 2.05) is 0 Å². The van der Waals surface area contributed by atoms with Gasteiger partial charge in [-0.15, -0.1) is 0 Å². The maximum absolute atomic E-state index is 13.5. The summed E-state index contributed by atoms with van der Waals surface area (Å²) in [5.74, 6) is 5.84. The normalized spacial score (nSPS) is 12.9. The number of hydrogen-bond acceptors (Lipinski definition) is 7. The Kier molecular flexibility index (Phi) is 6.27. The zero-order chi connectivity index (χ0) is 20.6. The van der Waals surface area contributed by atoms with Crippen molar-refractivity contribution in [2.24, 2.45) is 5.84 Å². The molecule has 2 N–H and O–H groups in total. The van der Waals surface area contributed by atoms with Crippen LogP contribution >= 0.6 is 39.1 Å². The van der Waals surface area contributed by atoms with Crippen molar-refractivity contribution in [2.75, 3.05) is 11.7 Å². The van der Waals surface area contributed by atoms with E-state index in [1.165, 1.54) is 0 Å². The van der Waals surface area contributed by atoms with Gasteiger partial charge in [0.2, 0.25) is 0 Å². The third-order valence-electron chi connectivity index (χ3n) is 3.61. The summed E-state index contributed by atoms with van der Waals surface area (Å²) in [6.07, 6.45) is -0.470. The van der Waals surface area contributed by atoms with E-state index in [9.17, 15) is 13.4 Å². The molecular formula is C14H12BrCl2F3N8. The molecule has 1 aromatic carbocycles. The lowest BCUT2D eigenvalue weighted by Crippen LogP contribution is -2.54. The lowest BCUT2D eigenvalue weighted by atomic mass is 10.1. The molecule has 1 unspecified atom stereocenters. The molecule has 1 atom stereocenters. The number of anilines is 1. The van der Waals surface area contributed by atoms with Gasteiger partial charge in [0.05, 0.1) is 12.1 Å². The van der Waals surface area contributed by atoms with E-state index in [0.717, 1.165) is 17.8 Å². The smallest absolute Gasteiger partial charge is 0.246 e. The van der Waals surface area contributed by atoms with E-state index in [1.54, 1.807) is 18.2 Å². The Labute approximate surface area is 175 Å². The molecule has 3 rings (SSSR count). The molecule has 0 radical (unpaired) electrons. The number of hydrazine groups is 3. The molecule has 150 valence electrons. The Bertz CT molecular complexity index is 1000. The van der Waals surface area contributed by atoms with E-state index in [2.05, 4.69) is 31.0 Å². The first-order valence-electron chi connectivity index (χ1n) is 7.63. The van der Waals surface area contributed by atoms with Crippen LogP contribution in [-0.2, 0) is 0 Å². The van der Waals surface area contributed by atoms with Crippen molar-refractivity contribution in [2.45, 2.75) is 13.1 Å². The zero-order valence-corrected chi connectivity index (χ0v) is 17.2. The molecule has 2 aromatic heterocycles. The summed E-state index contributed by atoms with van der Waals surface area (Å²) in [6.45, 7) is 0.374. The molecule has 0 saturated carbocycles. The summed E-state index contributed by atoms with van der Waals surface area (Å²) in [5, 5.41) is 4.94. The van der Waals surface area contributed by atoms with Crippen molar-refractivity contribution in [1.29, 1.82) is 0 Å². The number of alkyl halides is 1. The SMILES string of the molecule is CC(F)CN(N(F)F)N(N)c1c(-c2cc(Cl)ccc2Br)c(Cl)nc2ncnn12. The summed E-state index contributed by atoms with van der Waals surface area (Å²) >= 11 is 15.8. The Hall–Kier alpha value is -1.70. The van der Waals surface area contributed by atoms with Crippen molar-refractivity contribution in [1.82, 2.24) is 30.2 Å². The van der Waals surface area contributed by atoms with Crippen LogP contribution in [0.25, 0.3) is 16.9 Å². The Morgan fingerprint density at radius 3 is 2.68 bits per heavy atom. The fourth-order valence-electron chi connectivity index (χ4n) is 2.49. The molecule has 8 nitrogen and oxygen atoms in total. The molecule has 3 aromatic rings. The van der Waals surface area contributed by atoms with Gasteiger partial charge in [0, 0.05) is 15.1 Å². The summed E-state index contributed by atoms with van der Waals surface area (Å²) < 4.78 is 42.0. The Morgan fingerprint density at radius 1 is 1.32 bits per heavy atom. The van der Waals surface area contributed by atoms with E-state index < -0.39 is 18.2 Å². The Balaban J connectivity index is 2.30. The van der Waals surface area contributed by atoms with Crippen molar-refractivity contribution in [3.05, 3.63) is 39.2 Å². The van der Waals surface area contributed by atoms with E-state index in [0.29, 0.717) is 20.2 Å². The average molecular weight is 500 g/mol. The van der Waals surface area contributed by atoms with Crippen LogP contribution in [0.4, 0.5) is 19.2 Å². The van der Waals surface area contributed by atoms with E-state index in [4.69, 9.17) is 29.0 Å². The second kappa shape index (κ2) is 8.35. The van der Waals surface area contributed by atoms with Crippen LogP contribution < -0.4 is 11.0 Å². The minimum Gasteiger partial charge on any atom is -0.246 e. The van der Waals surface area contributed by atoms with Crippen molar-refractivity contribution < 1.29 is 13.4 Å². The van der Waals surface area contributed by atoms with Crippen molar-refractivity contribution >= 4 is 50.7 Å². The van der Waals surface area contributed by atoms with Crippen LogP contribution in [0.15, 0.2) is 29.0 Å². The Morgan fingerprint density at radius 2 is 2.04 bits per heavy atom. The first-order chi connectivity index (χ1) is 13.2. The topological polar surface area (TPSA) is 78.8 Å². The third kappa shape index (κ3) is 4.02. The standard InChI is InChI=1S/C14H12BrCl2F3N8/c1-7(18)5-25(28(19)20)27(21)13-11(9-4-8(16)2-3-10(9)15)12(17)24-14-22-6-23-26(13)14/h2-4,6-7H,5,21H2,1H3. The third-order valence-corrected chi connectivity index (χ3v) is 4.81. The van der Waals surface area contributed by atoms with Gasteiger partial charge in [0.15, 0.2) is 5.82 Å². The highest BCUT2D eigenvalue weighted by atomic mass is 79.9. The number of aromatic nitrogens is 4. The van der Waals surface area contributed by atoms with Gasteiger partial charge in [-0.05, 0) is 25.1 Å². The summed E-state index contributed by atoms with van der Waals surface area (Å²) in [5.41, 5.74) is -0.801. The quantitative estimate of drug-likeness (QED) is 0.237. The van der Waals surface area contributed by atoms with Crippen molar-refractivity contribution in [3.63, 3.8) is 0 Å². The zero-order valence-electron chi connectivity index (χ0n) is 14.1. The second-order valence-electron chi connectivity index (χ2n) is 5.59. The van der Waals surface area contributed by atoms with Crippen LogP contribution in [0.1, 0.15) is 6.92 Å². The van der Waals surface area contributed by atoms with Crippen molar-refractivity contribution in [3.8, 4) is 11.1 Å². The van der Waals surface area contributed by atoms with Gasteiger partial charge in [-0.2, -0.15) is 19.6 Å². The van der Waals surface area contributed by atoms with Crippen LogP contribution in [0.5, 0.6) is 0 Å². The second-order valence-corrected chi connectivity index (χ2v) is 7.24. The van der Waals surface area contributed by atoms with Gasteiger partial charge in [0.25, 0.3) is 5.78 Å². The van der Waals surface area contributed by atoms with Gasteiger partial charge < -0.3 is 0 Å². The average Bonchev–Trinajstić information content (AvgIpc) is 3.07. The highest BCUT2D eigenvalue weighted by molar-refractivity contribution is 9.10. The maximum Gasteiger partial charge on any atom is 0.255 e. The van der Waals surface area contributed by atoms with Gasteiger partial charge in [-0.25, -0.2) is 15.4 Å². The predicted octanol–water partition coefficient (Wildman–Crippen LogP) is 4.10. The summed E-state index contributed by atoms with van der Waals surface area (Å²) in [6, 6.07) is 4.80. The fraction of sp³-hybridized carbons (Fsp3) is 0.214. The van der Waals surface area contributed by atoms with Gasteiger partial charge in [-0.3, -0.25) is 0 Å². The molecule has 14 heteroatoms. The van der Waals surface area contributed by atoms with Gasteiger partial charge in [-0.1, -0.05) is 53.2 Å². The van der Waals surface area contributed by atoms with Crippen LogP contribution in [-0.4, -0.2) is 42.9 Å². The fourth-order valence-corrected chi connectivity index (χ4v) is 3.37. The molecule has 0 fully saturated rings. The first-order valence-corrected chi connectivity index (χ1v) is 9.18. The van der Waals surface area contributed by atoms with Crippen LogP contribution in [0, 0.1) is 0 Å². The minimum absolute atomic E-state index is 0.00913. The molecule has 0 aliphatic carbocycles. The summed E-state index contributed by atoms with van der Waals surface area (Å²) in [4.78, 5) is 8.01. The molecule has 0 spiro atoms. The monoisotopic (exact) mass is 498 g/mol. The molecule has 0 saturated heterocycles. The largest absolute Gasteiger partial charge is 0.255 e. The molecule has 0 aliphatic heterocycles. The first kappa shape index (κ1) is 21.0. The molecule has 0 bridgehead atoms. The van der Waals surface area contributed by atoms with E-state index in [-0.39, 0.29) is 27.4 Å². The summed E-state index contributed by atoms with van der Waals surface area (Å²) in [7, 11) is 0. The van der Waals surface area contributed by atoms with Crippen LogP contribution in [0.3, 0.4) is 0 Å². The van der Waals surface area contributed by atoms with Gasteiger partial charge in [0.1, 0.15) is 23.1 Å². The van der Waals surface area contributed by atoms with E-state index >= 15 is 0 Å². The molecule has 28 heavy (non-hydrogen) atoms. The number of halogens is 6. The number of benzene rings is 1. The number of hydrogen-bond donors (Lipinski definition) is 1. The molecule has 2 heterocycles. The molecule has 0 aliphatic rings. The van der Waals surface area contributed by atoms with Crippen LogP contribution in [0.2, 0.25) is 10.2 Å². The van der Waals surface area contributed by atoms with Gasteiger partial charge >= 0.3 is 0 Å². The number of nitrogens with zero attached hydrogens (tertiary/aromatic N) is 7. The minimum atomic E-state index is -1.62. The maximum atomic E-state index is 13.5. The number of nitrogens with two attached hydrogens (primary N) is 1. The predicted molar refractivity (Wildman–Crippen MR) is 102 cm³/mol. The number of fused-ring (bicyclic) bond motifs is 1. The number of rotatable bonds is 6. The highest BCUT2D eigenvalue weighted by Gasteiger charge is 2.30. The molecular weight excluding hydrogens is 488 g/mol. The highest BCUT2D eigenvalue weighted by Crippen LogP contribution is 2.40. The lowest BCUT2D eigenvalue weighted by molar-refractivity contribution is -0.309. The lowest BCUT2D eigenvalue weighted by Gasteiger charge is -2.32. The molecule has 0 amide bonds.